The first-order valence-corrected chi connectivity index (χ1v) is 22.6. The maximum Gasteiger partial charge on any atom is 0.337 e. The van der Waals surface area contributed by atoms with E-state index in [4.69, 9.17) is 13.3 Å². The maximum atomic E-state index is 7.29. The Morgan fingerprint density at radius 2 is 1.14 bits per heavy atom. The molecule has 3 aliphatic rings. The maximum absolute atomic E-state index is 7.29. The van der Waals surface area contributed by atoms with E-state index in [0.29, 0.717) is 0 Å². The molecule has 0 amide bonds. The van der Waals surface area contributed by atoms with Gasteiger partial charge in [0.2, 0.25) is 5.88 Å². The van der Waals surface area contributed by atoms with Crippen LogP contribution < -0.4 is 20.6 Å². The van der Waals surface area contributed by atoms with Crippen LogP contribution in [0.25, 0.3) is 66.0 Å². The normalized spacial score (nSPS) is 16.3. The summed E-state index contributed by atoms with van der Waals surface area (Å²) in [6.45, 7) is 18.5. The molecule has 0 unspecified atom stereocenters. The van der Waals surface area contributed by atoms with E-state index in [1.807, 2.05) is 0 Å². The van der Waals surface area contributed by atoms with Crippen LogP contribution in [0.5, 0.6) is 0 Å². The molecule has 63 heavy (non-hydrogen) atoms. The zero-order valence-corrected chi connectivity index (χ0v) is 37.2. The van der Waals surface area contributed by atoms with Crippen molar-refractivity contribution >= 4 is 101 Å². The molecule has 6 heteroatoms. The summed E-state index contributed by atoms with van der Waals surface area (Å²) in [6.07, 6.45) is 2.29. The number of rotatable bonds is 2. The second-order valence-corrected chi connectivity index (χ2v) is 20.8. The van der Waals surface area contributed by atoms with E-state index in [2.05, 4.69) is 192 Å². The molecule has 0 atom stereocenters. The van der Waals surface area contributed by atoms with Crippen LogP contribution in [0.4, 0.5) is 28.6 Å². The average molecular weight is 821 g/mol. The standard InChI is InChI=1S/C57H49BN2O3/c1-32-27-41-42(57(7,8)26-25-56(41,5)6)30-43(32)59-45-29-39-36-16-10-13-19-47(36)62-53(39)50-40-28-38-35-15-9-12-18-46(35)61-49(38)31-44(40)60(34-23-21-33(22-24-34)55(2,3)4)58(52(45)50)51-37-17-11-14-20-48(37)63-54(51)59/h9-24,27-31H,25-26H2,1-8H3. The highest BCUT2D eigenvalue weighted by Gasteiger charge is 2.50. The number of furan rings is 3. The van der Waals surface area contributed by atoms with Crippen LogP contribution in [0, 0.1) is 6.92 Å². The average Bonchev–Trinajstić information content (AvgIpc) is 3.96. The summed E-state index contributed by atoms with van der Waals surface area (Å²) in [7, 11) is 0. The van der Waals surface area contributed by atoms with Crippen LogP contribution >= 0.6 is 0 Å². The minimum absolute atomic E-state index is 0.00122. The van der Waals surface area contributed by atoms with Gasteiger partial charge in [0.15, 0.2) is 0 Å². The largest absolute Gasteiger partial charge is 0.456 e. The van der Waals surface area contributed by atoms with Crippen molar-refractivity contribution in [3.8, 4) is 11.1 Å². The van der Waals surface area contributed by atoms with E-state index >= 15 is 0 Å². The number of para-hydroxylation sites is 3. The van der Waals surface area contributed by atoms with Crippen molar-refractivity contribution in [3.05, 3.63) is 150 Å². The topological polar surface area (TPSA) is 45.9 Å². The molecule has 10 aromatic rings. The number of benzene rings is 7. The predicted molar refractivity (Wildman–Crippen MR) is 263 cm³/mol. The molecule has 0 saturated heterocycles. The van der Waals surface area contributed by atoms with E-state index in [-0.39, 0.29) is 23.1 Å². The molecule has 13 rings (SSSR count). The second kappa shape index (κ2) is 12.3. The van der Waals surface area contributed by atoms with Crippen molar-refractivity contribution < 1.29 is 13.3 Å². The van der Waals surface area contributed by atoms with Gasteiger partial charge in [-0.2, -0.15) is 0 Å². The molecule has 3 aromatic heterocycles. The van der Waals surface area contributed by atoms with E-state index in [1.54, 1.807) is 0 Å². The third-order valence-corrected chi connectivity index (χ3v) is 15.0. The Morgan fingerprint density at radius 1 is 0.540 bits per heavy atom. The third-order valence-electron chi connectivity index (χ3n) is 15.0. The Labute approximate surface area is 368 Å². The second-order valence-electron chi connectivity index (χ2n) is 20.8. The molecule has 0 radical (unpaired) electrons. The lowest BCUT2D eigenvalue weighted by Crippen LogP contribution is -2.61. The first-order valence-electron chi connectivity index (χ1n) is 22.6. The van der Waals surface area contributed by atoms with Crippen molar-refractivity contribution in [2.24, 2.45) is 0 Å². The summed E-state index contributed by atoms with van der Waals surface area (Å²) >= 11 is 0. The van der Waals surface area contributed by atoms with Gasteiger partial charge in [-0.25, -0.2) is 0 Å². The van der Waals surface area contributed by atoms with Crippen molar-refractivity contribution in [2.45, 2.75) is 84.5 Å². The summed E-state index contributed by atoms with van der Waals surface area (Å²) in [6, 6.07) is 46.8. The van der Waals surface area contributed by atoms with Crippen LogP contribution in [0.15, 0.2) is 141 Å². The first-order chi connectivity index (χ1) is 30.3. The van der Waals surface area contributed by atoms with Crippen LogP contribution in [0.2, 0.25) is 0 Å². The van der Waals surface area contributed by atoms with Gasteiger partial charge in [-0.15, -0.1) is 0 Å². The van der Waals surface area contributed by atoms with Gasteiger partial charge in [-0.05, 0) is 112 Å². The molecule has 5 heterocycles. The Kier molecular flexibility index (Phi) is 7.21. The minimum Gasteiger partial charge on any atom is -0.456 e. The number of hydrogen-bond donors (Lipinski definition) is 0. The molecule has 308 valence electrons. The molecular formula is C57H49BN2O3. The van der Waals surface area contributed by atoms with Crippen molar-refractivity contribution in [3.63, 3.8) is 0 Å². The highest BCUT2D eigenvalue weighted by atomic mass is 16.4. The Morgan fingerprint density at radius 3 is 1.83 bits per heavy atom. The molecule has 0 fully saturated rings. The van der Waals surface area contributed by atoms with Crippen molar-refractivity contribution in [2.75, 3.05) is 9.71 Å². The SMILES string of the molecule is Cc1cc2c(cc1N1c3cc4c(oc5ccccc54)c4c3B(c3c1oc1ccccc31)N(c1ccc(C(C)(C)C)cc1)c1cc3oc5ccccc5c3cc1-4)C(C)(C)CCC2(C)C. The predicted octanol–water partition coefficient (Wildman–Crippen LogP) is 14.9. The zero-order chi connectivity index (χ0) is 42.9. The zero-order valence-electron chi connectivity index (χ0n) is 37.2. The van der Waals surface area contributed by atoms with Crippen molar-refractivity contribution in [1.29, 1.82) is 0 Å². The molecule has 0 spiro atoms. The summed E-state index contributed by atoms with van der Waals surface area (Å²) in [5, 5.41) is 5.48. The first kappa shape index (κ1) is 36.9. The Balaban J connectivity index is 1.22. The van der Waals surface area contributed by atoms with Gasteiger partial charge in [-0.3, -0.25) is 4.90 Å². The van der Waals surface area contributed by atoms with Gasteiger partial charge in [0, 0.05) is 66.6 Å². The molecule has 7 aromatic carbocycles. The number of aryl methyl sites for hydroxylation is 1. The van der Waals surface area contributed by atoms with Crippen molar-refractivity contribution in [1.82, 2.24) is 0 Å². The van der Waals surface area contributed by atoms with Gasteiger partial charge < -0.3 is 18.1 Å². The summed E-state index contributed by atoms with van der Waals surface area (Å²) in [4.78, 5) is 5.02. The number of nitrogens with zero attached hydrogens (tertiary/aromatic N) is 2. The number of anilines is 5. The van der Waals surface area contributed by atoms with Gasteiger partial charge in [-0.1, -0.05) is 121 Å². The van der Waals surface area contributed by atoms with Gasteiger partial charge in [0.1, 0.15) is 27.9 Å². The monoisotopic (exact) mass is 820 g/mol. The molecule has 0 saturated carbocycles. The van der Waals surface area contributed by atoms with Crippen LogP contribution in [0.3, 0.4) is 0 Å². The quantitative estimate of drug-likeness (QED) is 0.163. The van der Waals surface area contributed by atoms with Crippen LogP contribution in [-0.2, 0) is 16.2 Å². The lowest BCUT2D eigenvalue weighted by molar-refractivity contribution is 0.332. The van der Waals surface area contributed by atoms with E-state index in [1.165, 1.54) is 27.7 Å². The van der Waals surface area contributed by atoms with E-state index in [9.17, 15) is 0 Å². The summed E-state index contributed by atoms with van der Waals surface area (Å²) < 4.78 is 21.1. The van der Waals surface area contributed by atoms with Crippen LogP contribution in [0.1, 0.15) is 83.6 Å². The van der Waals surface area contributed by atoms with E-state index < -0.39 is 0 Å². The fourth-order valence-electron chi connectivity index (χ4n) is 11.5. The smallest absolute Gasteiger partial charge is 0.337 e. The highest BCUT2D eigenvalue weighted by molar-refractivity contribution is 6.95. The molecule has 1 aliphatic carbocycles. The highest BCUT2D eigenvalue weighted by Crippen LogP contribution is 2.55. The summed E-state index contributed by atoms with van der Waals surface area (Å²) in [5.74, 6) is 0.854. The molecular weight excluding hydrogens is 771 g/mol. The van der Waals surface area contributed by atoms with E-state index in [0.717, 1.165) is 113 Å². The van der Waals surface area contributed by atoms with Crippen LogP contribution in [-0.4, -0.2) is 6.85 Å². The Hall–Kier alpha value is -6.66. The van der Waals surface area contributed by atoms with Gasteiger partial charge >= 0.3 is 6.85 Å². The third kappa shape index (κ3) is 5.01. The molecule has 5 nitrogen and oxygen atoms in total. The minimum atomic E-state index is -0.273. The van der Waals surface area contributed by atoms with Gasteiger partial charge in [0.25, 0.3) is 0 Å². The fourth-order valence-corrected chi connectivity index (χ4v) is 11.5. The van der Waals surface area contributed by atoms with Gasteiger partial charge in [0.05, 0.1) is 5.69 Å². The molecule has 0 N–H and O–H groups in total. The molecule has 2 aliphatic heterocycles. The number of hydrogen-bond acceptors (Lipinski definition) is 5. The molecule has 0 bridgehead atoms. The lowest BCUT2D eigenvalue weighted by atomic mass is 9.43. The fraction of sp³-hybridized carbons (Fsp3) is 0.228. The lowest BCUT2D eigenvalue weighted by Gasteiger charge is -2.45. The number of fused-ring (bicyclic) bond motifs is 14. The summed E-state index contributed by atoms with van der Waals surface area (Å²) in [5.41, 5.74) is 18.9. The Bertz CT molecular complexity index is 3590.